The molecule has 0 aliphatic heterocycles. The van der Waals surface area contributed by atoms with E-state index in [1.54, 1.807) is 12.1 Å². The number of carboxylic acid groups (broad SMARTS) is 1. The second kappa shape index (κ2) is 5.73. The van der Waals surface area contributed by atoms with Crippen molar-refractivity contribution < 1.29 is 19.7 Å². The molecule has 100 valence electrons. The van der Waals surface area contributed by atoms with Crippen LogP contribution in [0.1, 0.15) is 30.9 Å². The van der Waals surface area contributed by atoms with Crippen LogP contribution in [0, 0.1) is 0 Å². The topological polar surface area (TPSA) is 92.8 Å². The molecular weight excluding hydrogens is 234 g/mol. The maximum absolute atomic E-state index is 10.8. The van der Waals surface area contributed by atoms with Gasteiger partial charge < -0.3 is 20.7 Å². The third kappa shape index (κ3) is 3.13. The molecule has 5 nitrogen and oxygen atoms in total. The number of phenolic OH excluding ortho intramolecular Hbond substituents is 1. The number of methoxy groups -OCH3 is 1. The number of carboxylic acids is 1. The summed E-state index contributed by atoms with van der Waals surface area (Å²) in [5.41, 5.74) is 6.95. The van der Waals surface area contributed by atoms with Crippen LogP contribution in [0.25, 0.3) is 0 Å². The third-order valence-corrected chi connectivity index (χ3v) is 2.82. The molecule has 18 heavy (non-hydrogen) atoms. The lowest BCUT2D eigenvalue weighted by Crippen LogP contribution is -2.32. The molecule has 0 heterocycles. The Morgan fingerprint density at radius 1 is 1.44 bits per heavy atom. The Balaban J connectivity index is 3.16. The van der Waals surface area contributed by atoms with Crippen molar-refractivity contribution in [3.8, 4) is 11.5 Å². The lowest BCUT2D eigenvalue weighted by molar-refractivity contribution is -0.138. The second-order valence-electron chi connectivity index (χ2n) is 4.53. The molecule has 1 unspecified atom stereocenters. The van der Waals surface area contributed by atoms with E-state index in [1.165, 1.54) is 7.11 Å². The number of ether oxygens (including phenoxy) is 1. The highest BCUT2D eigenvalue weighted by molar-refractivity contribution is 5.73. The second-order valence-corrected chi connectivity index (χ2v) is 4.53. The van der Waals surface area contributed by atoms with E-state index in [9.17, 15) is 9.90 Å². The highest BCUT2D eigenvalue weighted by atomic mass is 16.5. The minimum atomic E-state index is -1.09. The Labute approximate surface area is 106 Å². The first-order valence-electron chi connectivity index (χ1n) is 5.75. The molecule has 0 saturated heterocycles. The fraction of sp³-hybridized carbons (Fsp3) is 0.462. The maximum atomic E-state index is 10.8. The lowest BCUT2D eigenvalue weighted by Gasteiger charge is -2.15. The van der Waals surface area contributed by atoms with E-state index >= 15 is 0 Å². The Morgan fingerprint density at radius 3 is 2.50 bits per heavy atom. The Kier molecular flexibility index (Phi) is 4.55. The summed E-state index contributed by atoms with van der Waals surface area (Å²) in [6.45, 7) is 4.01. The predicted molar refractivity (Wildman–Crippen MR) is 68.1 cm³/mol. The average Bonchev–Trinajstić information content (AvgIpc) is 2.31. The molecule has 0 aromatic heterocycles. The van der Waals surface area contributed by atoms with Gasteiger partial charge in [0.25, 0.3) is 0 Å². The van der Waals surface area contributed by atoms with Gasteiger partial charge in [-0.1, -0.05) is 19.9 Å². The number of hydrogen-bond donors (Lipinski definition) is 3. The molecule has 1 aromatic rings. The molecule has 0 radical (unpaired) electrons. The molecule has 0 fully saturated rings. The van der Waals surface area contributed by atoms with E-state index in [1.807, 2.05) is 13.8 Å². The summed E-state index contributed by atoms with van der Waals surface area (Å²) in [6.07, 6.45) is 0.0675. The van der Waals surface area contributed by atoms with Gasteiger partial charge in [-0.05, 0) is 17.5 Å². The normalized spacial score (nSPS) is 12.5. The molecular formula is C13H19NO4. The molecule has 1 atom stereocenters. The van der Waals surface area contributed by atoms with Crippen molar-refractivity contribution in [3.05, 3.63) is 23.3 Å². The summed E-state index contributed by atoms with van der Waals surface area (Å²) in [5.74, 6) is -0.546. The van der Waals surface area contributed by atoms with Crippen LogP contribution in [0.5, 0.6) is 11.5 Å². The van der Waals surface area contributed by atoms with E-state index in [0.717, 1.165) is 5.56 Å². The zero-order valence-electron chi connectivity index (χ0n) is 10.8. The number of phenols is 1. The number of aromatic hydroxyl groups is 1. The number of rotatable bonds is 5. The van der Waals surface area contributed by atoms with Crippen LogP contribution in [0.15, 0.2) is 12.1 Å². The molecule has 0 spiro atoms. The van der Waals surface area contributed by atoms with Gasteiger partial charge in [0.2, 0.25) is 0 Å². The summed E-state index contributed by atoms with van der Waals surface area (Å²) >= 11 is 0. The number of carbonyl (C=O) groups is 1. The Bertz CT molecular complexity index is 443. The zero-order valence-corrected chi connectivity index (χ0v) is 10.8. The van der Waals surface area contributed by atoms with Crippen molar-refractivity contribution in [3.63, 3.8) is 0 Å². The van der Waals surface area contributed by atoms with Gasteiger partial charge >= 0.3 is 5.97 Å². The van der Waals surface area contributed by atoms with E-state index in [4.69, 9.17) is 15.6 Å². The Hall–Kier alpha value is -1.75. The van der Waals surface area contributed by atoms with E-state index in [-0.39, 0.29) is 18.1 Å². The minimum absolute atomic E-state index is 0.0430. The quantitative estimate of drug-likeness (QED) is 0.739. The fourth-order valence-corrected chi connectivity index (χ4v) is 1.66. The summed E-state index contributed by atoms with van der Waals surface area (Å²) in [5, 5.41) is 18.8. The molecule has 1 rings (SSSR count). The molecule has 0 saturated carbocycles. The van der Waals surface area contributed by atoms with Gasteiger partial charge in [-0.15, -0.1) is 0 Å². The smallest absolute Gasteiger partial charge is 0.320 e. The van der Waals surface area contributed by atoms with Gasteiger partial charge in [0.05, 0.1) is 7.11 Å². The van der Waals surface area contributed by atoms with E-state index < -0.39 is 12.0 Å². The number of nitrogens with two attached hydrogens (primary N) is 1. The van der Waals surface area contributed by atoms with E-state index in [0.29, 0.717) is 11.3 Å². The molecule has 0 aliphatic carbocycles. The van der Waals surface area contributed by atoms with Gasteiger partial charge in [0.15, 0.2) is 11.5 Å². The van der Waals surface area contributed by atoms with Crippen LogP contribution >= 0.6 is 0 Å². The maximum Gasteiger partial charge on any atom is 0.320 e. The van der Waals surface area contributed by atoms with Gasteiger partial charge in [0.1, 0.15) is 6.04 Å². The lowest BCUT2D eigenvalue weighted by atomic mass is 9.96. The summed E-state index contributed by atoms with van der Waals surface area (Å²) in [6, 6.07) is 2.48. The van der Waals surface area contributed by atoms with Crippen molar-refractivity contribution in [1.82, 2.24) is 0 Å². The molecule has 0 aliphatic rings. The van der Waals surface area contributed by atoms with Crippen molar-refractivity contribution in [2.24, 2.45) is 5.73 Å². The monoisotopic (exact) mass is 253 g/mol. The van der Waals surface area contributed by atoms with Crippen LogP contribution < -0.4 is 10.5 Å². The number of benzene rings is 1. The summed E-state index contributed by atoms with van der Waals surface area (Å²) in [4.78, 5) is 10.8. The third-order valence-electron chi connectivity index (χ3n) is 2.82. The molecule has 5 heteroatoms. The van der Waals surface area contributed by atoms with Gasteiger partial charge in [-0.2, -0.15) is 0 Å². The van der Waals surface area contributed by atoms with E-state index in [2.05, 4.69) is 0 Å². The van der Waals surface area contributed by atoms with Crippen LogP contribution in [0.2, 0.25) is 0 Å². The van der Waals surface area contributed by atoms with Gasteiger partial charge in [-0.25, -0.2) is 0 Å². The first-order chi connectivity index (χ1) is 8.36. The van der Waals surface area contributed by atoms with Crippen molar-refractivity contribution in [1.29, 1.82) is 0 Å². The molecule has 4 N–H and O–H groups in total. The fourth-order valence-electron chi connectivity index (χ4n) is 1.66. The largest absolute Gasteiger partial charge is 0.504 e. The molecule has 1 aromatic carbocycles. The van der Waals surface area contributed by atoms with Crippen molar-refractivity contribution in [2.45, 2.75) is 32.2 Å². The summed E-state index contributed by atoms with van der Waals surface area (Å²) < 4.78 is 5.08. The highest BCUT2D eigenvalue weighted by Gasteiger charge is 2.18. The number of hydrogen-bond acceptors (Lipinski definition) is 4. The molecule has 0 amide bonds. The van der Waals surface area contributed by atoms with Gasteiger partial charge in [0, 0.05) is 12.0 Å². The summed E-state index contributed by atoms with van der Waals surface area (Å²) in [7, 11) is 1.46. The van der Waals surface area contributed by atoms with Crippen LogP contribution in [0.4, 0.5) is 0 Å². The van der Waals surface area contributed by atoms with Crippen LogP contribution in [-0.4, -0.2) is 29.3 Å². The van der Waals surface area contributed by atoms with Crippen molar-refractivity contribution >= 4 is 5.97 Å². The van der Waals surface area contributed by atoms with Gasteiger partial charge in [-0.3, -0.25) is 4.79 Å². The van der Waals surface area contributed by atoms with Crippen LogP contribution in [-0.2, 0) is 11.2 Å². The Morgan fingerprint density at radius 2 is 2.06 bits per heavy atom. The highest BCUT2D eigenvalue weighted by Crippen LogP contribution is 2.34. The zero-order chi connectivity index (χ0) is 13.9. The molecule has 0 bridgehead atoms. The van der Waals surface area contributed by atoms with Crippen molar-refractivity contribution in [2.75, 3.05) is 7.11 Å². The number of aliphatic carboxylic acids is 1. The standard InChI is InChI=1S/C13H19NO4/c1-7(2)8-4-9(5-10(14)13(16)17)12(15)11(6-8)18-3/h4,6-7,10,15H,5,14H2,1-3H3,(H,16,17). The first kappa shape index (κ1) is 14.3. The SMILES string of the molecule is COc1cc(C(C)C)cc(CC(N)C(=O)O)c1O. The average molecular weight is 253 g/mol. The predicted octanol–water partition coefficient (Wildman–Crippen LogP) is 1.48. The minimum Gasteiger partial charge on any atom is -0.504 e. The first-order valence-corrected chi connectivity index (χ1v) is 5.75. The van der Waals surface area contributed by atoms with Crippen LogP contribution in [0.3, 0.4) is 0 Å².